The highest BCUT2D eigenvalue weighted by Gasteiger charge is 2.08. The van der Waals surface area contributed by atoms with E-state index >= 15 is 0 Å². The molecule has 2 aromatic carbocycles. The lowest BCUT2D eigenvalue weighted by Gasteiger charge is -2.23. The third-order valence-corrected chi connectivity index (χ3v) is 4.96. The Balaban J connectivity index is 1.43. The van der Waals surface area contributed by atoms with E-state index in [1.807, 2.05) is 55.9 Å². The monoisotopic (exact) mass is 385 g/mol. The van der Waals surface area contributed by atoms with Gasteiger partial charge in [-0.25, -0.2) is 9.67 Å². The lowest BCUT2D eigenvalue weighted by Crippen LogP contribution is -2.27. The zero-order valence-corrected chi connectivity index (χ0v) is 16.5. The number of hydrogen-bond acceptors (Lipinski definition) is 4. The van der Waals surface area contributed by atoms with Gasteiger partial charge in [-0.3, -0.25) is 0 Å². The molecule has 0 N–H and O–H groups in total. The molecule has 0 bridgehead atoms. The molecular weight excluding hydrogens is 362 g/mol. The molecule has 3 aromatic rings. The van der Waals surface area contributed by atoms with Crippen LogP contribution in [0.15, 0.2) is 59.7 Å². The summed E-state index contributed by atoms with van der Waals surface area (Å²) in [5, 5.41) is 13.4. The van der Waals surface area contributed by atoms with E-state index in [1.54, 1.807) is 16.8 Å². The highest BCUT2D eigenvalue weighted by molar-refractivity contribution is 5.62. The maximum Gasteiger partial charge on any atom is 0.238 e. The van der Waals surface area contributed by atoms with Gasteiger partial charge in [0.2, 0.25) is 5.88 Å². The predicted molar refractivity (Wildman–Crippen MR) is 113 cm³/mol. The van der Waals surface area contributed by atoms with Crippen molar-refractivity contribution < 1.29 is 4.74 Å². The van der Waals surface area contributed by atoms with Crippen LogP contribution in [0, 0.1) is 18.3 Å². The van der Waals surface area contributed by atoms with Crippen LogP contribution < -0.4 is 4.74 Å². The van der Waals surface area contributed by atoms with Crippen LogP contribution in [0.2, 0.25) is 0 Å². The number of benzene rings is 2. The Morgan fingerprint density at radius 2 is 1.86 bits per heavy atom. The summed E-state index contributed by atoms with van der Waals surface area (Å²) in [6, 6.07) is 17.1. The van der Waals surface area contributed by atoms with Crippen LogP contribution in [0.4, 0.5) is 5.69 Å². The van der Waals surface area contributed by atoms with E-state index in [9.17, 15) is 0 Å². The second-order valence-corrected chi connectivity index (χ2v) is 7.15. The molecule has 29 heavy (non-hydrogen) atoms. The molecule has 1 aromatic heterocycles. The zero-order chi connectivity index (χ0) is 20.1. The van der Waals surface area contributed by atoms with Crippen molar-refractivity contribution >= 4 is 12.0 Å². The molecule has 6 heteroatoms. The van der Waals surface area contributed by atoms with Crippen molar-refractivity contribution in [3.05, 3.63) is 65.9 Å². The third-order valence-electron chi connectivity index (χ3n) is 4.96. The summed E-state index contributed by atoms with van der Waals surface area (Å²) >= 11 is 0. The summed E-state index contributed by atoms with van der Waals surface area (Å²) in [6.07, 6.45) is 7.59. The van der Waals surface area contributed by atoms with Crippen LogP contribution in [0.5, 0.6) is 11.6 Å². The fourth-order valence-electron chi connectivity index (χ4n) is 3.32. The Bertz CT molecular complexity index is 1040. The maximum atomic E-state index is 8.91. The molecule has 146 valence electrons. The van der Waals surface area contributed by atoms with Crippen LogP contribution in [-0.4, -0.2) is 34.1 Å². The van der Waals surface area contributed by atoms with Crippen molar-refractivity contribution in [2.75, 3.05) is 13.1 Å². The standard InChI is InChI=1S/C23H23N5O/c1-18-15-20(25-17-27-12-3-2-4-13-27)7-10-22(18)29-23-11-14-28(26-23)21-8-5-19(16-24)6-9-21/h5-11,14-15,17H,2-4,12-13H2,1H3. The topological polar surface area (TPSA) is 66.4 Å². The molecule has 0 saturated carbocycles. The Hall–Kier alpha value is -3.59. The number of aliphatic imine (C=N–C) groups is 1. The smallest absolute Gasteiger partial charge is 0.238 e. The van der Waals surface area contributed by atoms with Gasteiger partial charge in [-0.15, -0.1) is 5.10 Å². The second kappa shape index (κ2) is 8.61. The minimum Gasteiger partial charge on any atom is -0.437 e. The van der Waals surface area contributed by atoms with Gasteiger partial charge in [0.25, 0.3) is 0 Å². The molecular formula is C23H23N5O. The quantitative estimate of drug-likeness (QED) is 0.458. The number of ether oxygens (including phenoxy) is 1. The maximum absolute atomic E-state index is 8.91. The normalized spacial score (nSPS) is 14.1. The first-order valence-corrected chi connectivity index (χ1v) is 9.84. The number of rotatable bonds is 5. The van der Waals surface area contributed by atoms with Gasteiger partial charge in [-0.2, -0.15) is 5.26 Å². The molecule has 2 heterocycles. The van der Waals surface area contributed by atoms with E-state index < -0.39 is 0 Å². The van der Waals surface area contributed by atoms with Gasteiger partial charge >= 0.3 is 0 Å². The van der Waals surface area contributed by atoms with Crippen molar-refractivity contribution in [3.63, 3.8) is 0 Å². The fraction of sp³-hybridized carbons (Fsp3) is 0.261. The Morgan fingerprint density at radius 3 is 2.59 bits per heavy atom. The average Bonchev–Trinajstić information content (AvgIpc) is 3.23. The first-order valence-electron chi connectivity index (χ1n) is 9.84. The molecule has 1 saturated heterocycles. The second-order valence-electron chi connectivity index (χ2n) is 7.15. The summed E-state index contributed by atoms with van der Waals surface area (Å²) in [6.45, 7) is 4.18. The van der Waals surface area contributed by atoms with Crippen molar-refractivity contribution in [1.82, 2.24) is 14.7 Å². The lowest BCUT2D eigenvalue weighted by molar-refractivity contribution is 0.351. The van der Waals surface area contributed by atoms with Gasteiger partial charge in [-0.05, 0) is 74.2 Å². The summed E-state index contributed by atoms with van der Waals surface area (Å²) < 4.78 is 7.68. The van der Waals surface area contributed by atoms with Gasteiger partial charge in [0.1, 0.15) is 5.75 Å². The van der Waals surface area contributed by atoms with Gasteiger partial charge in [0.05, 0.1) is 29.3 Å². The fourth-order valence-corrected chi connectivity index (χ4v) is 3.32. The predicted octanol–water partition coefficient (Wildman–Crippen LogP) is 4.99. The van der Waals surface area contributed by atoms with Crippen LogP contribution in [0.3, 0.4) is 0 Å². The van der Waals surface area contributed by atoms with Crippen LogP contribution >= 0.6 is 0 Å². The molecule has 1 aliphatic heterocycles. The van der Waals surface area contributed by atoms with Crippen LogP contribution in [0.25, 0.3) is 5.69 Å². The number of aromatic nitrogens is 2. The first-order chi connectivity index (χ1) is 14.2. The van der Waals surface area contributed by atoms with Crippen LogP contribution in [0.1, 0.15) is 30.4 Å². The lowest BCUT2D eigenvalue weighted by atomic mass is 10.1. The number of nitrogens with zero attached hydrogens (tertiary/aromatic N) is 5. The molecule has 0 unspecified atom stereocenters. The van der Waals surface area contributed by atoms with E-state index in [1.165, 1.54) is 19.3 Å². The van der Waals surface area contributed by atoms with Gasteiger partial charge < -0.3 is 9.64 Å². The molecule has 0 radical (unpaired) electrons. The molecule has 4 rings (SSSR count). The van der Waals surface area contributed by atoms with E-state index in [-0.39, 0.29) is 0 Å². The highest BCUT2D eigenvalue weighted by atomic mass is 16.5. The minimum absolute atomic E-state index is 0.516. The minimum atomic E-state index is 0.516. The van der Waals surface area contributed by atoms with Crippen molar-refractivity contribution in [1.29, 1.82) is 5.26 Å². The molecule has 1 aliphatic rings. The van der Waals surface area contributed by atoms with E-state index in [0.29, 0.717) is 11.4 Å². The summed E-state index contributed by atoms with van der Waals surface area (Å²) in [5.74, 6) is 1.27. The molecule has 6 nitrogen and oxygen atoms in total. The Labute approximate surface area is 170 Å². The van der Waals surface area contributed by atoms with Crippen molar-refractivity contribution in [2.45, 2.75) is 26.2 Å². The van der Waals surface area contributed by atoms with E-state index in [0.717, 1.165) is 35.8 Å². The Kier molecular flexibility index (Phi) is 5.57. The molecule has 0 spiro atoms. The van der Waals surface area contributed by atoms with Crippen LogP contribution in [-0.2, 0) is 0 Å². The first kappa shape index (κ1) is 18.8. The third kappa shape index (κ3) is 4.64. The van der Waals surface area contributed by atoms with E-state index in [2.05, 4.69) is 21.1 Å². The summed E-state index contributed by atoms with van der Waals surface area (Å²) in [5.41, 5.74) is 3.42. The largest absolute Gasteiger partial charge is 0.437 e. The summed E-state index contributed by atoms with van der Waals surface area (Å²) in [4.78, 5) is 6.88. The summed E-state index contributed by atoms with van der Waals surface area (Å²) in [7, 11) is 0. The molecule has 0 amide bonds. The number of hydrogen-bond donors (Lipinski definition) is 0. The highest BCUT2D eigenvalue weighted by Crippen LogP contribution is 2.28. The number of nitriles is 1. The van der Waals surface area contributed by atoms with Gasteiger partial charge in [-0.1, -0.05) is 0 Å². The number of aryl methyl sites for hydroxylation is 1. The Morgan fingerprint density at radius 1 is 1.07 bits per heavy atom. The number of piperidine rings is 1. The van der Waals surface area contributed by atoms with E-state index in [4.69, 9.17) is 10.00 Å². The molecule has 1 fully saturated rings. The SMILES string of the molecule is Cc1cc(N=CN2CCCCC2)ccc1Oc1ccn(-c2ccc(C#N)cc2)n1. The van der Waals surface area contributed by atoms with Gasteiger partial charge in [0.15, 0.2) is 0 Å². The average molecular weight is 385 g/mol. The molecule has 0 aliphatic carbocycles. The van der Waals surface area contributed by atoms with Crippen molar-refractivity contribution in [2.24, 2.45) is 4.99 Å². The van der Waals surface area contributed by atoms with Crippen molar-refractivity contribution in [3.8, 4) is 23.4 Å². The molecule has 0 atom stereocenters. The zero-order valence-electron chi connectivity index (χ0n) is 16.5. The number of likely N-dealkylation sites (tertiary alicyclic amines) is 1. The van der Waals surface area contributed by atoms with Gasteiger partial charge in [0, 0.05) is 25.4 Å².